The minimum absolute atomic E-state index is 0.0655. The highest BCUT2D eigenvalue weighted by molar-refractivity contribution is 5.71. The molecule has 0 fully saturated rings. The standard InChI is InChI=1S/C14H9N3O/c1-9-5-12(13(8-16)14(18)17-9)11-4-2-3-10(6-11)7-15/h2-6H,1H3,(H,17,18). The van der Waals surface area contributed by atoms with E-state index in [1.165, 1.54) is 0 Å². The minimum atomic E-state index is -0.408. The smallest absolute Gasteiger partial charge is 0.266 e. The van der Waals surface area contributed by atoms with Gasteiger partial charge in [-0.15, -0.1) is 0 Å². The summed E-state index contributed by atoms with van der Waals surface area (Å²) in [5.74, 6) is 0. The van der Waals surface area contributed by atoms with E-state index in [4.69, 9.17) is 10.5 Å². The first-order valence-electron chi connectivity index (χ1n) is 5.30. The molecule has 18 heavy (non-hydrogen) atoms. The molecule has 0 aliphatic heterocycles. The molecule has 2 rings (SSSR count). The van der Waals surface area contributed by atoms with Gasteiger partial charge in [0, 0.05) is 11.3 Å². The Kier molecular flexibility index (Phi) is 2.95. The van der Waals surface area contributed by atoms with Crippen LogP contribution in [0.2, 0.25) is 0 Å². The number of pyridine rings is 1. The van der Waals surface area contributed by atoms with E-state index in [2.05, 4.69) is 4.98 Å². The molecule has 1 heterocycles. The number of rotatable bonds is 1. The molecule has 0 saturated heterocycles. The van der Waals surface area contributed by atoms with E-state index in [-0.39, 0.29) is 5.56 Å². The molecule has 0 bridgehead atoms. The van der Waals surface area contributed by atoms with Crippen LogP contribution in [0.1, 0.15) is 16.8 Å². The number of nitrogens with one attached hydrogen (secondary N) is 1. The first-order chi connectivity index (χ1) is 8.65. The van der Waals surface area contributed by atoms with Crippen LogP contribution in [0.3, 0.4) is 0 Å². The topological polar surface area (TPSA) is 80.4 Å². The first-order valence-corrected chi connectivity index (χ1v) is 5.30. The maximum Gasteiger partial charge on any atom is 0.266 e. The molecular formula is C14H9N3O. The van der Waals surface area contributed by atoms with E-state index in [0.29, 0.717) is 22.4 Å². The van der Waals surface area contributed by atoms with Crippen molar-refractivity contribution in [3.8, 4) is 23.3 Å². The number of nitrogens with zero attached hydrogens (tertiary/aromatic N) is 2. The van der Waals surface area contributed by atoms with Crippen molar-refractivity contribution < 1.29 is 0 Å². The predicted octanol–water partition coefficient (Wildman–Crippen LogP) is 2.09. The fourth-order valence-corrected chi connectivity index (χ4v) is 1.78. The summed E-state index contributed by atoms with van der Waals surface area (Å²) in [5.41, 5.74) is 2.08. The molecule has 0 amide bonds. The largest absolute Gasteiger partial charge is 0.325 e. The summed E-state index contributed by atoms with van der Waals surface area (Å²) in [5, 5.41) is 17.9. The van der Waals surface area contributed by atoms with Crippen molar-refractivity contribution in [1.29, 1.82) is 10.5 Å². The number of hydrogen-bond donors (Lipinski definition) is 1. The number of H-pyrrole nitrogens is 1. The molecule has 4 nitrogen and oxygen atoms in total. The Hall–Kier alpha value is -2.85. The van der Waals surface area contributed by atoms with Crippen molar-refractivity contribution in [2.24, 2.45) is 0 Å². The summed E-state index contributed by atoms with van der Waals surface area (Å²) in [6.45, 7) is 1.75. The Bertz CT molecular complexity index is 745. The molecule has 0 unspecified atom stereocenters. The molecule has 1 aromatic heterocycles. The van der Waals surface area contributed by atoms with E-state index >= 15 is 0 Å². The Balaban J connectivity index is 2.75. The van der Waals surface area contributed by atoms with Crippen LogP contribution in [-0.2, 0) is 0 Å². The third-order valence-electron chi connectivity index (χ3n) is 2.58. The number of aryl methyl sites for hydroxylation is 1. The van der Waals surface area contributed by atoms with Crippen LogP contribution in [0, 0.1) is 29.6 Å². The third-order valence-corrected chi connectivity index (χ3v) is 2.58. The summed E-state index contributed by atoms with van der Waals surface area (Å²) in [4.78, 5) is 14.3. The van der Waals surface area contributed by atoms with Gasteiger partial charge in [-0.3, -0.25) is 4.79 Å². The maximum absolute atomic E-state index is 11.7. The zero-order valence-corrected chi connectivity index (χ0v) is 9.69. The van der Waals surface area contributed by atoms with Crippen molar-refractivity contribution in [3.63, 3.8) is 0 Å². The first kappa shape index (κ1) is 11.6. The molecular weight excluding hydrogens is 226 g/mol. The lowest BCUT2D eigenvalue weighted by atomic mass is 9.99. The van der Waals surface area contributed by atoms with Gasteiger partial charge in [0.2, 0.25) is 0 Å². The number of aromatic nitrogens is 1. The Morgan fingerprint density at radius 2 is 1.94 bits per heavy atom. The van der Waals surface area contributed by atoms with Gasteiger partial charge in [0.15, 0.2) is 0 Å². The monoisotopic (exact) mass is 235 g/mol. The average Bonchev–Trinajstić information content (AvgIpc) is 2.38. The number of aromatic amines is 1. The van der Waals surface area contributed by atoms with Gasteiger partial charge in [0.25, 0.3) is 5.56 Å². The quantitative estimate of drug-likeness (QED) is 0.821. The van der Waals surface area contributed by atoms with Crippen LogP contribution < -0.4 is 5.56 Å². The lowest BCUT2D eigenvalue weighted by molar-refractivity contribution is 1.13. The van der Waals surface area contributed by atoms with Gasteiger partial charge in [0.05, 0.1) is 11.6 Å². The molecule has 0 radical (unpaired) electrons. The predicted molar refractivity (Wildman–Crippen MR) is 66.7 cm³/mol. The number of nitriles is 2. The summed E-state index contributed by atoms with van der Waals surface area (Å²) in [7, 11) is 0. The van der Waals surface area contributed by atoms with Crippen LogP contribution in [-0.4, -0.2) is 4.98 Å². The highest BCUT2D eigenvalue weighted by atomic mass is 16.1. The second kappa shape index (κ2) is 4.57. The fourth-order valence-electron chi connectivity index (χ4n) is 1.78. The third kappa shape index (κ3) is 2.00. The molecule has 0 aliphatic carbocycles. The van der Waals surface area contributed by atoms with Gasteiger partial charge in [-0.05, 0) is 30.7 Å². The Labute approximate surface area is 104 Å². The van der Waals surface area contributed by atoms with Gasteiger partial charge in [-0.1, -0.05) is 12.1 Å². The van der Waals surface area contributed by atoms with Crippen LogP contribution >= 0.6 is 0 Å². The zero-order chi connectivity index (χ0) is 13.1. The van der Waals surface area contributed by atoms with E-state index in [1.54, 1.807) is 37.3 Å². The van der Waals surface area contributed by atoms with Crippen molar-refractivity contribution in [1.82, 2.24) is 4.98 Å². The second-order valence-electron chi connectivity index (χ2n) is 3.87. The molecule has 0 atom stereocenters. The highest BCUT2D eigenvalue weighted by Gasteiger charge is 2.10. The summed E-state index contributed by atoms with van der Waals surface area (Å²) < 4.78 is 0. The maximum atomic E-state index is 11.7. The highest BCUT2D eigenvalue weighted by Crippen LogP contribution is 2.22. The van der Waals surface area contributed by atoms with E-state index in [1.807, 2.05) is 12.1 Å². The van der Waals surface area contributed by atoms with Gasteiger partial charge in [-0.2, -0.15) is 10.5 Å². The lowest BCUT2D eigenvalue weighted by Gasteiger charge is -2.05. The number of benzene rings is 1. The Morgan fingerprint density at radius 1 is 1.17 bits per heavy atom. The van der Waals surface area contributed by atoms with Crippen molar-refractivity contribution in [2.45, 2.75) is 6.92 Å². The molecule has 4 heteroatoms. The van der Waals surface area contributed by atoms with Crippen molar-refractivity contribution >= 4 is 0 Å². The minimum Gasteiger partial charge on any atom is -0.325 e. The second-order valence-corrected chi connectivity index (χ2v) is 3.87. The lowest BCUT2D eigenvalue weighted by Crippen LogP contribution is -2.12. The molecule has 0 saturated carbocycles. The van der Waals surface area contributed by atoms with E-state index in [0.717, 1.165) is 0 Å². The normalized spacial score (nSPS) is 9.50. The van der Waals surface area contributed by atoms with Gasteiger partial charge >= 0.3 is 0 Å². The van der Waals surface area contributed by atoms with Gasteiger partial charge in [-0.25, -0.2) is 0 Å². The molecule has 86 valence electrons. The zero-order valence-electron chi connectivity index (χ0n) is 9.69. The van der Waals surface area contributed by atoms with Crippen molar-refractivity contribution in [2.75, 3.05) is 0 Å². The van der Waals surface area contributed by atoms with Crippen LogP contribution in [0.15, 0.2) is 35.1 Å². The summed E-state index contributed by atoms with van der Waals surface area (Å²) >= 11 is 0. The molecule has 0 spiro atoms. The van der Waals surface area contributed by atoms with E-state index in [9.17, 15) is 4.79 Å². The fraction of sp³-hybridized carbons (Fsp3) is 0.0714. The summed E-state index contributed by atoms with van der Waals surface area (Å²) in [6.07, 6.45) is 0. The summed E-state index contributed by atoms with van der Waals surface area (Å²) in [6, 6.07) is 12.5. The average molecular weight is 235 g/mol. The van der Waals surface area contributed by atoms with Crippen LogP contribution in [0.25, 0.3) is 11.1 Å². The van der Waals surface area contributed by atoms with Crippen molar-refractivity contribution in [3.05, 3.63) is 57.5 Å². The Morgan fingerprint density at radius 3 is 2.61 bits per heavy atom. The molecule has 1 N–H and O–H groups in total. The van der Waals surface area contributed by atoms with Gasteiger partial charge < -0.3 is 4.98 Å². The molecule has 2 aromatic rings. The SMILES string of the molecule is Cc1cc(-c2cccc(C#N)c2)c(C#N)c(=O)[nH]1. The molecule has 1 aromatic carbocycles. The van der Waals surface area contributed by atoms with Crippen LogP contribution in [0.5, 0.6) is 0 Å². The number of hydrogen-bond acceptors (Lipinski definition) is 3. The van der Waals surface area contributed by atoms with E-state index < -0.39 is 5.56 Å². The molecule has 0 aliphatic rings. The van der Waals surface area contributed by atoms with Gasteiger partial charge in [0.1, 0.15) is 11.6 Å². The van der Waals surface area contributed by atoms with Crippen LogP contribution in [0.4, 0.5) is 0 Å².